The van der Waals surface area contributed by atoms with Gasteiger partial charge in [-0.15, -0.1) is 11.3 Å². The summed E-state index contributed by atoms with van der Waals surface area (Å²) in [5.74, 6) is -1.16. The van der Waals surface area contributed by atoms with E-state index in [1.165, 1.54) is 30.4 Å². The lowest BCUT2D eigenvalue weighted by Crippen LogP contribution is -2.36. The van der Waals surface area contributed by atoms with E-state index >= 15 is 0 Å². The number of halogens is 1. The Morgan fingerprint density at radius 1 is 1.22 bits per heavy atom. The third-order valence-corrected chi connectivity index (χ3v) is 4.25. The molecule has 0 fully saturated rings. The minimum absolute atomic E-state index is 0.308. The molecule has 1 amide bonds. The van der Waals surface area contributed by atoms with Crippen LogP contribution in [0.4, 0.5) is 4.39 Å². The molecule has 0 aliphatic carbocycles. The monoisotopic (exact) mass is 335 g/mol. The molecule has 2 rings (SSSR count). The Bertz CT molecular complexity index is 681. The first kappa shape index (κ1) is 17.1. The molecule has 0 saturated heterocycles. The quantitative estimate of drug-likeness (QED) is 0.820. The zero-order chi connectivity index (χ0) is 16.8. The fourth-order valence-corrected chi connectivity index (χ4v) is 2.78. The Hall–Kier alpha value is -2.21. The van der Waals surface area contributed by atoms with Gasteiger partial charge in [0.2, 0.25) is 0 Å². The second kappa shape index (κ2) is 7.87. The van der Waals surface area contributed by atoms with Crippen molar-refractivity contribution < 1.29 is 18.7 Å². The van der Waals surface area contributed by atoms with Crippen molar-refractivity contribution in [3.63, 3.8) is 0 Å². The number of nitrogens with one attached hydrogen (secondary N) is 1. The van der Waals surface area contributed by atoms with Crippen LogP contribution < -0.4 is 5.32 Å². The number of hydrogen-bond acceptors (Lipinski definition) is 4. The first-order valence-electron chi connectivity index (χ1n) is 7.35. The number of thiophene rings is 1. The fraction of sp³-hybridized carbons (Fsp3) is 0.294. The van der Waals surface area contributed by atoms with E-state index in [0.29, 0.717) is 11.4 Å². The lowest BCUT2D eigenvalue weighted by atomic mass is 10.2. The predicted octanol–water partition coefficient (Wildman–Crippen LogP) is 3.63. The highest BCUT2D eigenvalue weighted by Crippen LogP contribution is 2.28. The second-order valence-electron chi connectivity index (χ2n) is 5.01. The zero-order valence-electron chi connectivity index (χ0n) is 13.0. The highest BCUT2D eigenvalue weighted by Gasteiger charge is 2.19. The maximum atomic E-state index is 12.9. The molecule has 0 unspecified atom stereocenters. The molecule has 1 aromatic heterocycles. The fourth-order valence-electron chi connectivity index (χ4n) is 1.88. The number of carbonyl (C=O) groups is 2. The lowest BCUT2D eigenvalue weighted by molar-refractivity contribution is -0.129. The predicted molar refractivity (Wildman–Crippen MR) is 87.9 cm³/mol. The van der Waals surface area contributed by atoms with Gasteiger partial charge in [0.15, 0.2) is 6.10 Å². The van der Waals surface area contributed by atoms with Crippen LogP contribution in [0.3, 0.4) is 0 Å². The molecule has 0 saturated carbocycles. The minimum atomic E-state index is -0.842. The van der Waals surface area contributed by atoms with Crippen molar-refractivity contribution in [2.24, 2.45) is 0 Å². The van der Waals surface area contributed by atoms with E-state index in [1.54, 1.807) is 24.3 Å². The van der Waals surface area contributed by atoms with Crippen LogP contribution in [0.5, 0.6) is 0 Å². The summed E-state index contributed by atoms with van der Waals surface area (Å²) < 4.78 is 18.1. The van der Waals surface area contributed by atoms with Crippen LogP contribution in [0.15, 0.2) is 36.4 Å². The number of hydrogen-bond donors (Lipinski definition) is 1. The lowest BCUT2D eigenvalue weighted by Gasteiger charge is -2.12. The SMILES string of the molecule is CCCNC(=O)[C@@H](C)OC(=O)c1ccc(-c2ccc(F)cc2)s1. The largest absolute Gasteiger partial charge is 0.448 e. The summed E-state index contributed by atoms with van der Waals surface area (Å²) >= 11 is 1.24. The molecular formula is C17H18FNO3S. The molecule has 6 heteroatoms. The van der Waals surface area contributed by atoms with Crippen molar-refractivity contribution in [2.45, 2.75) is 26.4 Å². The molecule has 4 nitrogen and oxygen atoms in total. The zero-order valence-corrected chi connectivity index (χ0v) is 13.8. The number of ether oxygens (including phenoxy) is 1. The van der Waals surface area contributed by atoms with Gasteiger partial charge in [0.05, 0.1) is 0 Å². The highest BCUT2D eigenvalue weighted by atomic mass is 32.1. The van der Waals surface area contributed by atoms with Gasteiger partial charge in [0, 0.05) is 11.4 Å². The van der Waals surface area contributed by atoms with Crippen molar-refractivity contribution in [3.8, 4) is 10.4 Å². The number of carbonyl (C=O) groups excluding carboxylic acids is 2. The molecule has 122 valence electrons. The third kappa shape index (κ3) is 4.63. The van der Waals surface area contributed by atoms with Gasteiger partial charge in [-0.25, -0.2) is 9.18 Å². The molecule has 0 radical (unpaired) electrons. The third-order valence-electron chi connectivity index (χ3n) is 3.14. The maximum absolute atomic E-state index is 12.9. The Labute approximate surface area is 138 Å². The molecular weight excluding hydrogens is 317 g/mol. The number of esters is 1. The molecule has 0 aliphatic heterocycles. The molecule has 1 atom stereocenters. The van der Waals surface area contributed by atoms with E-state index in [2.05, 4.69) is 5.32 Å². The molecule has 2 aromatic rings. The second-order valence-corrected chi connectivity index (χ2v) is 6.09. The summed E-state index contributed by atoms with van der Waals surface area (Å²) in [6.07, 6.45) is -0.0244. The first-order valence-corrected chi connectivity index (χ1v) is 8.17. The van der Waals surface area contributed by atoms with Gasteiger partial charge in [-0.1, -0.05) is 19.1 Å². The van der Waals surface area contributed by atoms with Gasteiger partial charge in [-0.05, 0) is 43.2 Å². The van der Waals surface area contributed by atoms with E-state index < -0.39 is 12.1 Å². The van der Waals surface area contributed by atoms with Crippen molar-refractivity contribution in [1.82, 2.24) is 5.32 Å². The van der Waals surface area contributed by atoms with Crippen molar-refractivity contribution >= 4 is 23.2 Å². The molecule has 1 N–H and O–H groups in total. The molecule has 1 heterocycles. The molecule has 23 heavy (non-hydrogen) atoms. The van der Waals surface area contributed by atoms with Gasteiger partial charge in [-0.3, -0.25) is 4.79 Å². The number of benzene rings is 1. The van der Waals surface area contributed by atoms with Crippen LogP contribution >= 0.6 is 11.3 Å². The van der Waals surface area contributed by atoms with Crippen LogP contribution in [0.1, 0.15) is 29.9 Å². The van der Waals surface area contributed by atoms with Crippen molar-refractivity contribution in [2.75, 3.05) is 6.54 Å². The van der Waals surface area contributed by atoms with E-state index in [4.69, 9.17) is 4.74 Å². The summed E-state index contributed by atoms with van der Waals surface area (Å²) in [6.45, 7) is 4.03. The van der Waals surface area contributed by atoms with Gasteiger partial charge < -0.3 is 10.1 Å². The summed E-state index contributed by atoms with van der Waals surface area (Å²) in [7, 11) is 0. The van der Waals surface area contributed by atoms with Crippen LogP contribution in [-0.4, -0.2) is 24.5 Å². The number of rotatable bonds is 6. The van der Waals surface area contributed by atoms with E-state index in [1.807, 2.05) is 6.92 Å². The average Bonchev–Trinajstić information content (AvgIpc) is 3.03. The van der Waals surface area contributed by atoms with Crippen molar-refractivity contribution in [1.29, 1.82) is 0 Å². The van der Waals surface area contributed by atoms with Crippen molar-refractivity contribution in [3.05, 3.63) is 47.1 Å². The Morgan fingerprint density at radius 2 is 1.91 bits per heavy atom. The van der Waals surface area contributed by atoms with E-state index in [9.17, 15) is 14.0 Å². The Morgan fingerprint density at radius 3 is 2.57 bits per heavy atom. The standard InChI is InChI=1S/C17H18FNO3S/c1-3-10-19-16(20)11(2)22-17(21)15-9-8-14(23-15)12-4-6-13(18)7-5-12/h4-9,11H,3,10H2,1-2H3,(H,19,20)/t11-/m1/s1. The smallest absolute Gasteiger partial charge is 0.349 e. The Kier molecular flexibility index (Phi) is 5.87. The minimum Gasteiger partial charge on any atom is -0.448 e. The Balaban J connectivity index is 2.01. The van der Waals surface area contributed by atoms with Gasteiger partial charge in [-0.2, -0.15) is 0 Å². The van der Waals surface area contributed by atoms with Gasteiger partial charge >= 0.3 is 5.97 Å². The molecule has 0 bridgehead atoms. The van der Waals surface area contributed by atoms with E-state index in [-0.39, 0.29) is 11.7 Å². The van der Waals surface area contributed by atoms with Gasteiger partial charge in [0.25, 0.3) is 5.91 Å². The summed E-state index contributed by atoms with van der Waals surface area (Å²) in [4.78, 5) is 25.0. The molecule has 0 spiro atoms. The van der Waals surface area contributed by atoms with Gasteiger partial charge in [0.1, 0.15) is 10.7 Å². The summed E-state index contributed by atoms with van der Waals surface area (Å²) in [6, 6.07) is 9.45. The maximum Gasteiger partial charge on any atom is 0.349 e. The first-order chi connectivity index (χ1) is 11.0. The highest BCUT2D eigenvalue weighted by molar-refractivity contribution is 7.17. The van der Waals surface area contributed by atoms with E-state index in [0.717, 1.165) is 16.9 Å². The molecule has 0 aliphatic rings. The van der Waals surface area contributed by atoms with Crippen LogP contribution in [-0.2, 0) is 9.53 Å². The number of amides is 1. The topological polar surface area (TPSA) is 55.4 Å². The van der Waals surface area contributed by atoms with Crippen LogP contribution in [0.2, 0.25) is 0 Å². The normalized spacial score (nSPS) is 11.8. The summed E-state index contributed by atoms with van der Waals surface area (Å²) in [5.41, 5.74) is 0.823. The average molecular weight is 335 g/mol. The summed E-state index contributed by atoms with van der Waals surface area (Å²) in [5, 5.41) is 2.68. The molecule has 1 aromatic carbocycles. The van der Waals surface area contributed by atoms with Crippen LogP contribution in [0.25, 0.3) is 10.4 Å². The van der Waals surface area contributed by atoms with Crippen LogP contribution in [0, 0.1) is 5.82 Å².